The van der Waals surface area contributed by atoms with Gasteiger partial charge in [-0.25, -0.2) is 0 Å². The summed E-state index contributed by atoms with van der Waals surface area (Å²) in [7, 11) is 0. The van der Waals surface area contributed by atoms with E-state index in [1.807, 2.05) is 24.4 Å². The van der Waals surface area contributed by atoms with Crippen molar-refractivity contribution in [2.45, 2.75) is 12.8 Å². The van der Waals surface area contributed by atoms with Gasteiger partial charge in [0.1, 0.15) is 0 Å². The maximum Gasteiger partial charge on any atom is 0.0513 e. The van der Waals surface area contributed by atoms with Crippen LogP contribution in [0, 0.1) is 5.92 Å². The van der Waals surface area contributed by atoms with Crippen LogP contribution >= 0.6 is 23.2 Å². The Morgan fingerprint density at radius 2 is 1.83 bits per heavy atom. The molecule has 3 aliphatic rings. The van der Waals surface area contributed by atoms with Gasteiger partial charge in [-0.1, -0.05) is 41.4 Å². The lowest BCUT2D eigenvalue weighted by molar-refractivity contribution is 0.445. The van der Waals surface area contributed by atoms with Crippen LogP contribution in [0.5, 0.6) is 0 Å². The highest BCUT2D eigenvalue weighted by atomic mass is 35.5. The first-order chi connectivity index (χ1) is 11.2. The molecular weight excluding hydrogens is 327 g/mol. The number of dihydropyridines is 1. The number of allylic oxidation sites excluding steroid dienone is 4. The normalized spacial score (nSPS) is 21.0. The van der Waals surface area contributed by atoms with E-state index >= 15 is 0 Å². The van der Waals surface area contributed by atoms with E-state index in [0.29, 0.717) is 5.92 Å². The fraction of sp³-hybridized carbons (Fsp3) is 0.263. The second-order valence-electron chi connectivity index (χ2n) is 6.12. The second kappa shape index (κ2) is 6.20. The molecule has 1 aromatic carbocycles. The largest absolute Gasteiger partial charge is 0.361 e. The molecule has 4 heteroatoms. The number of benzene rings is 1. The molecule has 1 fully saturated rings. The van der Waals surface area contributed by atoms with Crippen LogP contribution in [-0.2, 0) is 0 Å². The summed E-state index contributed by atoms with van der Waals surface area (Å²) in [5.74, 6) is 0.518. The number of rotatable bonds is 1. The van der Waals surface area contributed by atoms with Crippen molar-refractivity contribution in [3.8, 4) is 0 Å². The Labute approximate surface area is 146 Å². The average Bonchev–Trinajstić information content (AvgIpc) is 2.73. The maximum atomic E-state index is 6.47. The van der Waals surface area contributed by atoms with Crippen LogP contribution in [0.4, 0.5) is 0 Å². The maximum absolute atomic E-state index is 6.47. The molecule has 23 heavy (non-hydrogen) atoms. The van der Waals surface area contributed by atoms with Crippen LogP contribution in [-0.4, -0.2) is 13.1 Å². The minimum atomic E-state index is 0.518. The zero-order chi connectivity index (χ0) is 15.8. The Hall–Kier alpha value is -1.48. The molecule has 118 valence electrons. The summed E-state index contributed by atoms with van der Waals surface area (Å²) in [5, 5.41) is 8.44. The lowest BCUT2D eigenvalue weighted by Gasteiger charge is -2.29. The van der Waals surface area contributed by atoms with Crippen LogP contribution in [0.15, 0.2) is 52.9 Å². The van der Waals surface area contributed by atoms with E-state index in [0.717, 1.165) is 52.8 Å². The molecule has 0 unspecified atom stereocenters. The summed E-state index contributed by atoms with van der Waals surface area (Å²) in [4.78, 5) is 0. The average molecular weight is 345 g/mol. The number of nitrogens with one attached hydrogen (secondary N) is 2. The molecule has 0 atom stereocenters. The van der Waals surface area contributed by atoms with Crippen LogP contribution in [0.2, 0.25) is 5.02 Å². The smallest absolute Gasteiger partial charge is 0.0513 e. The Kier molecular flexibility index (Phi) is 4.06. The van der Waals surface area contributed by atoms with Crippen molar-refractivity contribution in [1.82, 2.24) is 10.6 Å². The summed E-state index contributed by atoms with van der Waals surface area (Å²) >= 11 is 12.7. The fourth-order valence-corrected chi connectivity index (χ4v) is 4.03. The SMILES string of the molecule is ClC1=C2C=Cc3cc(Cl)ccc3C(C3CCNCC3)=C2NC=C1. The van der Waals surface area contributed by atoms with E-state index in [2.05, 4.69) is 28.9 Å². The molecule has 0 spiro atoms. The molecule has 1 aliphatic carbocycles. The van der Waals surface area contributed by atoms with E-state index in [9.17, 15) is 0 Å². The van der Waals surface area contributed by atoms with Crippen LogP contribution < -0.4 is 10.6 Å². The van der Waals surface area contributed by atoms with Crippen molar-refractivity contribution >= 4 is 34.9 Å². The van der Waals surface area contributed by atoms with E-state index in [1.165, 1.54) is 11.1 Å². The lowest BCUT2D eigenvalue weighted by Crippen LogP contribution is -2.30. The van der Waals surface area contributed by atoms with Crippen LogP contribution in [0.25, 0.3) is 11.6 Å². The van der Waals surface area contributed by atoms with Gasteiger partial charge in [-0.2, -0.15) is 0 Å². The van der Waals surface area contributed by atoms with Gasteiger partial charge in [0, 0.05) is 16.8 Å². The molecule has 1 aromatic rings. The van der Waals surface area contributed by atoms with Crippen LogP contribution in [0.1, 0.15) is 24.0 Å². The molecule has 2 aliphatic heterocycles. The second-order valence-corrected chi connectivity index (χ2v) is 6.96. The first-order valence-electron chi connectivity index (χ1n) is 8.00. The number of fused-ring (bicyclic) bond motifs is 2. The highest BCUT2D eigenvalue weighted by molar-refractivity contribution is 6.32. The van der Waals surface area contributed by atoms with Crippen molar-refractivity contribution in [2.75, 3.05) is 13.1 Å². The van der Waals surface area contributed by atoms with Gasteiger partial charge in [0.05, 0.1) is 10.7 Å². The minimum absolute atomic E-state index is 0.518. The van der Waals surface area contributed by atoms with E-state index in [1.54, 1.807) is 0 Å². The zero-order valence-corrected chi connectivity index (χ0v) is 14.2. The van der Waals surface area contributed by atoms with E-state index in [-0.39, 0.29) is 0 Å². The summed E-state index contributed by atoms with van der Waals surface area (Å²) in [5.41, 5.74) is 5.99. The molecule has 0 bridgehead atoms. The van der Waals surface area contributed by atoms with Crippen LogP contribution in [0.3, 0.4) is 0 Å². The monoisotopic (exact) mass is 344 g/mol. The van der Waals surface area contributed by atoms with Crippen molar-refractivity contribution in [3.05, 3.63) is 69.0 Å². The zero-order valence-electron chi connectivity index (χ0n) is 12.7. The predicted octanol–water partition coefficient (Wildman–Crippen LogP) is 4.69. The van der Waals surface area contributed by atoms with Gasteiger partial charge in [0.25, 0.3) is 0 Å². The Bertz CT molecular complexity index is 766. The molecule has 0 saturated carbocycles. The van der Waals surface area contributed by atoms with Gasteiger partial charge in [0.15, 0.2) is 0 Å². The molecule has 2 nitrogen and oxygen atoms in total. The number of hydrogen-bond acceptors (Lipinski definition) is 2. The van der Waals surface area contributed by atoms with Gasteiger partial charge >= 0.3 is 0 Å². The van der Waals surface area contributed by atoms with Gasteiger partial charge in [-0.15, -0.1) is 0 Å². The molecular formula is C19H18Cl2N2. The van der Waals surface area contributed by atoms with Gasteiger partial charge in [0.2, 0.25) is 0 Å². The quantitative estimate of drug-likeness (QED) is 0.772. The summed E-state index contributed by atoms with van der Waals surface area (Å²) in [6.07, 6.45) is 10.3. The number of halogens is 2. The fourth-order valence-electron chi connectivity index (χ4n) is 3.63. The third kappa shape index (κ3) is 2.76. The molecule has 4 rings (SSSR count). The van der Waals surface area contributed by atoms with Crippen molar-refractivity contribution in [1.29, 1.82) is 0 Å². The van der Waals surface area contributed by atoms with Crippen molar-refractivity contribution in [2.24, 2.45) is 5.92 Å². The number of piperidine rings is 1. The third-order valence-corrected chi connectivity index (χ3v) is 5.30. The standard InChI is InChI=1S/C19H18Cl2N2/c20-14-2-4-15-13(11-14)1-3-16-17(21)7-10-23-19(16)18(15)12-5-8-22-9-6-12/h1-4,7,10-12,22-23H,5-6,8-9H2. The molecule has 0 amide bonds. The van der Waals surface area contributed by atoms with Gasteiger partial charge in [-0.3, -0.25) is 0 Å². The van der Waals surface area contributed by atoms with E-state index < -0.39 is 0 Å². The van der Waals surface area contributed by atoms with Crippen molar-refractivity contribution in [3.63, 3.8) is 0 Å². The minimum Gasteiger partial charge on any atom is -0.361 e. The molecule has 0 aromatic heterocycles. The highest BCUT2D eigenvalue weighted by Crippen LogP contribution is 2.41. The topological polar surface area (TPSA) is 24.1 Å². The molecule has 2 heterocycles. The summed E-state index contributed by atoms with van der Waals surface area (Å²) in [6, 6.07) is 6.16. The molecule has 1 saturated heterocycles. The van der Waals surface area contributed by atoms with Gasteiger partial charge in [-0.05, 0) is 66.8 Å². The van der Waals surface area contributed by atoms with Gasteiger partial charge < -0.3 is 10.6 Å². The summed E-state index contributed by atoms with van der Waals surface area (Å²) < 4.78 is 0. The van der Waals surface area contributed by atoms with Crippen molar-refractivity contribution < 1.29 is 0 Å². The Morgan fingerprint density at radius 1 is 1.00 bits per heavy atom. The first-order valence-corrected chi connectivity index (χ1v) is 8.76. The predicted molar refractivity (Wildman–Crippen MR) is 98.2 cm³/mol. The summed E-state index contributed by atoms with van der Waals surface area (Å²) in [6.45, 7) is 2.11. The first kappa shape index (κ1) is 15.1. The third-order valence-electron chi connectivity index (χ3n) is 4.73. The molecule has 0 radical (unpaired) electrons. The lowest BCUT2D eigenvalue weighted by atomic mass is 9.82. The Morgan fingerprint density at radius 3 is 2.65 bits per heavy atom. The highest BCUT2D eigenvalue weighted by Gasteiger charge is 2.27. The number of hydrogen-bond donors (Lipinski definition) is 2. The molecule has 2 N–H and O–H groups in total. The Balaban J connectivity index is 1.95. The van der Waals surface area contributed by atoms with E-state index in [4.69, 9.17) is 23.2 Å².